The number of nitrogens with one attached hydrogen (secondary N) is 1. The molecule has 1 amide bonds. The van der Waals surface area contributed by atoms with E-state index in [2.05, 4.69) is 28.2 Å². The monoisotopic (exact) mass is 308 g/mol. The molecule has 5 nitrogen and oxygen atoms in total. The van der Waals surface area contributed by atoms with Crippen LogP contribution in [0.2, 0.25) is 0 Å². The molecule has 1 aromatic carbocycles. The predicted molar refractivity (Wildman–Crippen MR) is 91.5 cm³/mol. The molecule has 0 unspecified atom stereocenters. The number of unbranched alkanes of at least 4 members (excludes halogenated alkanes) is 1. The van der Waals surface area contributed by atoms with E-state index in [4.69, 9.17) is 5.26 Å². The number of para-hydroxylation sites is 1. The summed E-state index contributed by atoms with van der Waals surface area (Å²) in [7, 11) is 2.00. The van der Waals surface area contributed by atoms with Gasteiger partial charge in [0, 0.05) is 25.5 Å². The molecule has 2 rings (SSSR count). The maximum Gasteiger partial charge on any atom is 0.274 e. The van der Waals surface area contributed by atoms with Gasteiger partial charge in [-0.2, -0.15) is 5.26 Å². The molecule has 0 fully saturated rings. The molecule has 0 spiro atoms. The molecular weight excluding hydrogens is 288 g/mol. The van der Waals surface area contributed by atoms with Crippen molar-refractivity contribution in [2.24, 2.45) is 0 Å². The number of amides is 1. The second kappa shape index (κ2) is 7.95. The fraction of sp³-hybridized carbons (Fsp3) is 0.278. The number of rotatable bonds is 6. The van der Waals surface area contributed by atoms with Gasteiger partial charge in [-0.05, 0) is 30.7 Å². The maximum absolute atomic E-state index is 12.4. The third kappa shape index (κ3) is 4.30. The normalized spacial score (nSPS) is 9.96. The molecule has 0 bridgehead atoms. The Morgan fingerprint density at radius 1 is 1.35 bits per heavy atom. The minimum absolute atomic E-state index is 0.321. The van der Waals surface area contributed by atoms with Crippen LogP contribution in [-0.2, 0) is 0 Å². The van der Waals surface area contributed by atoms with Crippen molar-refractivity contribution in [3.8, 4) is 6.07 Å². The van der Waals surface area contributed by atoms with Crippen molar-refractivity contribution >= 4 is 17.3 Å². The summed E-state index contributed by atoms with van der Waals surface area (Å²) in [5.74, 6) is -0.321. The van der Waals surface area contributed by atoms with Gasteiger partial charge in [-0.25, -0.2) is 0 Å². The zero-order valence-electron chi connectivity index (χ0n) is 13.4. The molecule has 1 aromatic heterocycles. The Morgan fingerprint density at radius 3 is 2.87 bits per heavy atom. The first-order chi connectivity index (χ1) is 11.2. The molecule has 1 N–H and O–H groups in total. The van der Waals surface area contributed by atoms with Crippen molar-refractivity contribution < 1.29 is 4.79 Å². The van der Waals surface area contributed by atoms with Gasteiger partial charge in [-0.1, -0.05) is 25.5 Å². The molecule has 0 saturated heterocycles. The van der Waals surface area contributed by atoms with Crippen molar-refractivity contribution in [3.63, 3.8) is 0 Å². The molecule has 0 saturated carbocycles. The van der Waals surface area contributed by atoms with Crippen LogP contribution in [0.25, 0.3) is 0 Å². The van der Waals surface area contributed by atoms with E-state index < -0.39 is 0 Å². The number of aromatic nitrogens is 1. The van der Waals surface area contributed by atoms with E-state index in [-0.39, 0.29) is 5.91 Å². The number of hydrogen-bond donors (Lipinski definition) is 1. The van der Waals surface area contributed by atoms with Crippen LogP contribution in [0.1, 0.15) is 35.8 Å². The van der Waals surface area contributed by atoms with E-state index >= 15 is 0 Å². The lowest BCUT2D eigenvalue weighted by Crippen LogP contribution is -2.20. The number of pyridine rings is 1. The minimum atomic E-state index is -0.321. The van der Waals surface area contributed by atoms with Crippen molar-refractivity contribution in [1.82, 2.24) is 4.98 Å². The number of nitriles is 1. The summed E-state index contributed by atoms with van der Waals surface area (Å²) in [6, 6.07) is 12.6. The van der Waals surface area contributed by atoms with E-state index in [1.807, 2.05) is 13.1 Å². The van der Waals surface area contributed by atoms with Crippen LogP contribution in [0.4, 0.5) is 11.4 Å². The summed E-state index contributed by atoms with van der Waals surface area (Å²) < 4.78 is 0. The van der Waals surface area contributed by atoms with Crippen LogP contribution in [0, 0.1) is 11.3 Å². The summed E-state index contributed by atoms with van der Waals surface area (Å²) in [4.78, 5) is 18.6. The Hall–Kier alpha value is -2.87. The molecule has 0 aliphatic carbocycles. The third-order valence-electron chi connectivity index (χ3n) is 3.56. The lowest BCUT2D eigenvalue weighted by molar-refractivity contribution is 0.102. The van der Waals surface area contributed by atoms with E-state index in [1.54, 1.807) is 36.5 Å². The van der Waals surface area contributed by atoms with Gasteiger partial charge in [0.1, 0.15) is 11.8 Å². The van der Waals surface area contributed by atoms with Gasteiger partial charge in [0.25, 0.3) is 5.91 Å². The molecule has 0 atom stereocenters. The van der Waals surface area contributed by atoms with Crippen LogP contribution >= 0.6 is 0 Å². The van der Waals surface area contributed by atoms with Gasteiger partial charge in [-0.3, -0.25) is 9.78 Å². The maximum atomic E-state index is 12.4. The van der Waals surface area contributed by atoms with Crippen molar-refractivity contribution in [1.29, 1.82) is 5.26 Å². The second-order valence-electron chi connectivity index (χ2n) is 5.29. The Balaban J connectivity index is 2.15. The van der Waals surface area contributed by atoms with Gasteiger partial charge in [0.2, 0.25) is 0 Å². The number of carbonyl (C=O) groups excluding carboxylic acids is 1. The molecule has 0 radical (unpaired) electrons. The van der Waals surface area contributed by atoms with Crippen LogP contribution in [-0.4, -0.2) is 24.5 Å². The van der Waals surface area contributed by atoms with Gasteiger partial charge in [-0.15, -0.1) is 0 Å². The molecule has 5 heteroatoms. The zero-order valence-corrected chi connectivity index (χ0v) is 13.4. The van der Waals surface area contributed by atoms with E-state index in [9.17, 15) is 4.79 Å². The first kappa shape index (κ1) is 16.5. The van der Waals surface area contributed by atoms with E-state index in [1.165, 1.54) is 0 Å². The summed E-state index contributed by atoms with van der Waals surface area (Å²) in [6.07, 6.45) is 3.84. The summed E-state index contributed by atoms with van der Waals surface area (Å²) in [5.41, 5.74) is 2.20. The Bertz CT molecular complexity index is 721. The minimum Gasteiger partial charge on any atom is -0.374 e. The van der Waals surface area contributed by atoms with Crippen LogP contribution in [0.3, 0.4) is 0 Å². The van der Waals surface area contributed by atoms with Crippen molar-refractivity contribution in [2.45, 2.75) is 19.8 Å². The van der Waals surface area contributed by atoms with Crippen molar-refractivity contribution in [3.05, 3.63) is 53.9 Å². The quantitative estimate of drug-likeness (QED) is 0.887. The number of carbonyl (C=O) groups is 1. The smallest absolute Gasteiger partial charge is 0.274 e. The Kier molecular flexibility index (Phi) is 5.70. The Labute approximate surface area is 136 Å². The third-order valence-corrected chi connectivity index (χ3v) is 3.56. The molecule has 118 valence electrons. The van der Waals surface area contributed by atoms with Gasteiger partial charge in [0.05, 0.1) is 11.3 Å². The number of benzene rings is 1. The first-order valence-electron chi connectivity index (χ1n) is 7.63. The molecule has 1 heterocycles. The van der Waals surface area contributed by atoms with Crippen LogP contribution < -0.4 is 10.2 Å². The topological polar surface area (TPSA) is 69.0 Å². The summed E-state index contributed by atoms with van der Waals surface area (Å²) in [5, 5.41) is 11.8. The first-order valence-corrected chi connectivity index (χ1v) is 7.63. The fourth-order valence-corrected chi connectivity index (χ4v) is 2.18. The molecule has 0 aliphatic heterocycles. The lowest BCUT2D eigenvalue weighted by atomic mass is 10.2. The number of nitrogens with zero attached hydrogens (tertiary/aromatic N) is 3. The predicted octanol–water partition coefficient (Wildman–Crippen LogP) is 3.44. The van der Waals surface area contributed by atoms with Gasteiger partial charge in [0.15, 0.2) is 0 Å². The van der Waals surface area contributed by atoms with E-state index in [0.29, 0.717) is 16.9 Å². The molecule has 23 heavy (non-hydrogen) atoms. The molecule has 2 aromatic rings. The summed E-state index contributed by atoms with van der Waals surface area (Å²) in [6.45, 7) is 3.07. The SMILES string of the molecule is CCCCN(C)c1ccnc(C(=O)Nc2ccccc2C#N)c1. The molecule has 0 aliphatic rings. The highest BCUT2D eigenvalue weighted by Gasteiger charge is 2.12. The Morgan fingerprint density at radius 2 is 2.13 bits per heavy atom. The highest BCUT2D eigenvalue weighted by atomic mass is 16.1. The molecular formula is C18H20N4O. The van der Waals surface area contributed by atoms with Gasteiger partial charge < -0.3 is 10.2 Å². The van der Waals surface area contributed by atoms with Crippen molar-refractivity contribution in [2.75, 3.05) is 23.8 Å². The standard InChI is InChI=1S/C18H20N4O/c1-3-4-11-22(2)15-9-10-20-17(12-15)18(23)21-16-8-6-5-7-14(16)13-19/h5-10,12H,3-4,11H2,1-2H3,(H,21,23). The van der Waals surface area contributed by atoms with Crippen LogP contribution in [0.15, 0.2) is 42.6 Å². The highest BCUT2D eigenvalue weighted by Crippen LogP contribution is 2.17. The second-order valence-corrected chi connectivity index (χ2v) is 5.29. The number of hydrogen-bond acceptors (Lipinski definition) is 4. The highest BCUT2D eigenvalue weighted by molar-refractivity contribution is 6.04. The lowest BCUT2D eigenvalue weighted by Gasteiger charge is -2.19. The summed E-state index contributed by atoms with van der Waals surface area (Å²) >= 11 is 0. The van der Waals surface area contributed by atoms with Gasteiger partial charge >= 0.3 is 0 Å². The zero-order chi connectivity index (χ0) is 16.7. The fourth-order valence-electron chi connectivity index (χ4n) is 2.18. The average Bonchev–Trinajstić information content (AvgIpc) is 2.60. The van der Waals surface area contributed by atoms with E-state index in [0.717, 1.165) is 25.1 Å². The largest absolute Gasteiger partial charge is 0.374 e. The van der Waals surface area contributed by atoms with Crippen LogP contribution in [0.5, 0.6) is 0 Å². The average molecular weight is 308 g/mol. The number of anilines is 2.